The largest absolute Gasteiger partial charge is 0.390 e. The number of aromatic nitrogens is 3. The molecule has 10 heteroatoms. The second-order valence-corrected chi connectivity index (χ2v) is 7.26. The summed E-state index contributed by atoms with van der Waals surface area (Å²) in [6.07, 6.45) is 1.57. The smallest absolute Gasteiger partial charge is 0.264 e. The second-order valence-electron chi connectivity index (χ2n) is 4.69. The summed E-state index contributed by atoms with van der Waals surface area (Å²) in [4.78, 5) is 0.0983. The van der Waals surface area contributed by atoms with Gasteiger partial charge in [0.25, 0.3) is 10.0 Å². The molecule has 1 aromatic carbocycles. The summed E-state index contributed by atoms with van der Waals surface area (Å²) in [6, 6.07) is 9.73. The quantitative estimate of drug-likeness (QED) is 0.710. The molecule has 0 aliphatic carbocycles. The summed E-state index contributed by atoms with van der Waals surface area (Å²) in [6.45, 7) is -0.209. The van der Waals surface area contributed by atoms with E-state index >= 15 is 0 Å². The molecule has 0 fully saturated rings. The highest BCUT2D eigenvalue weighted by atomic mass is 32.2. The van der Waals surface area contributed by atoms with Crippen molar-refractivity contribution in [1.29, 1.82) is 5.26 Å². The highest BCUT2D eigenvalue weighted by Crippen LogP contribution is 2.24. The van der Waals surface area contributed by atoms with E-state index in [1.165, 1.54) is 10.7 Å². The van der Waals surface area contributed by atoms with Crippen molar-refractivity contribution >= 4 is 27.0 Å². The summed E-state index contributed by atoms with van der Waals surface area (Å²) in [5.41, 5.74) is 1.45. The summed E-state index contributed by atoms with van der Waals surface area (Å²) < 4.78 is 28.6. The van der Waals surface area contributed by atoms with Crippen molar-refractivity contribution in [3.05, 3.63) is 52.5 Å². The van der Waals surface area contributed by atoms with E-state index in [0.29, 0.717) is 17.1 Å². The summed E-state index contributed by atoms with van der Waals surface area (Å²) in [5.74, 6) is 0. The van der Waals surface area contributed by atoms with Crippen molar-refractivity contribution in [3.63, 3.8) is 0 Å². The predicted octanol–water partition coefficient (Wildman–Crippen LogP) is 1.49. The molecule has 0 aliphatic heterocycles. The van der Waals surface area contributed by atoms with Gasteiger partial charge in [0.2, 0.25) is 0 Å². The first kappa shape index (κ1) is 16.1. The van der Waals surface area contributed by atoms with Gasteiger partial charge in [-0.15, -0.1) is 16.4 Å². The first-order chi connectivity index (χ1) is 11.5. The van der Waals surface area contributed by atoms with Crippen LogP contribution < -0.4 is 4.72 Å². The Morgan fingerprint density at radius 2 is 2.04 bits per heavy atom. The molecule has 0 bridgehead atoms. The maximum absolute atomic E-state index is 12.3. The van der Waals surface area contributed by atoms with Crippen LogP contribution in [-0.4, -0.2) is 28.5 Å². The number of anilines is 1. The van der Waals surface area contributed by atoms with Gasteiger partial charge in [-0.2, -0.15) is 5.26 Å². The molecule has 0 atom stereocenters. The zero-order chi connectivity index (χ0) is 17.2. The van der Waals surface area contributed by atoms with Crippen LogP contribution in [0.1, 0.15) is 10.6 Å². The monoisotopic (exact) mass is 361 g/mol. The van der Waals surface area contributed by atoms with E-state index in [4.69, 9.17) is 10.4 Å². The van der Waals surface area contributed by atoms with Crippen molar-refractivity contribution in [2.75, 3.05) is 4.72 Å². The Morgan fingerprint density at radius 3 is 2.67 bits per heavy atom. The fourth-order valence-corrected chi connectivity index (χ4v) is 4.21. The Morgan fingerprint density at radius 1 is 1.29 bits per heavy atom. The minimum atomic E-state index is -3.82. The van der Waals surface area contributed by atoms with Crippen LogP contribution in [-0.2, 0) is 16.6 Å². The lowest BCUT2D eigenvalue weighted by molar-refractivity contribution is 0.276. The molecule has 0 aliphatic rings. The summed E-state index contributed by atoms with van der Waals surface area (Å²) >= 11 is 1.07. The molecule has 0 saturated heterocycles. The molecule has 2 heterocycles. The van der Waals surface area contributed by atoms with Gasteiger partial charge in [-0.3, -0.25) is 4.72 Å². The normalized spacial score (nSPS) is 11.2. The molecular weight excluding hydrogens is 350 g/mol. The number of hydrogen-bond donors (Lipinski definition) is 2. The molecule has 2 N–H and O–H groups in total. The van der Waals surface area contributed by atoms with Gasteiger partial charge in [-0.1, -0.05) is 5.21 Å². The first-order valence-electron chi connectivity index (χ1n) is 6.66. The molecule has 0 saturated carbocycles. The highest BCUT2D eigenvalue weighted by molar-refractivity contribution is 7.93. The average Bonchev–Trinajstić information content (AvgIpc) is 3.24. The van der Waals surface area contributed by atoms with Crippen LogP contribution >= 0.6 is 11.3 Å². The fraction of sp³-hybridized carbons (Fsp3) is 0.0714. The molecule has 0 spiro atoms. The number of hydrogen-bond acceptors (Lipinski definition) is 7. The number of sulfonamides is 1. The standard InChI is InChI=1S/C14H11N5O3S2/c15-7-13-14(5-6-23-13)24(21,22)17-10-1-3-12(4-2-10)19-8-11(9-20)16-18-19/h1-6,8,17,20H,9H2. The molecule has 3 aromatic rings. The van der Waals surface area contributed by atoms with Gasteiger partial charge in [0.1, 0.15) is 21.5 Å². The van der Waals surface area contributed by atoms with Gasteiger partial charge in [-0.05, 0) is 35.7 Å². The zero-order valence-corrected chi connectivity index (χ0v) is 13.8. The topological polar surface area (TPSA) is 121 Å². The predicted molar refractivity (Wildman–Crippen MR) is 87.1 cm³/mol. The van der Waals surface area contributed by atoms with Crippen molar-refractivity contribution < 1.29 is 13.5 Å². The number of aliphatic hydroxyl groups excluding tert-OH is 1. The van der Waals surface area contributed by atoms with E-state index in [1.54, 1.807) is 35.8 Å². The number of thiophene rings is 1. The van der Waals surface area contributed by atoms with Gasteiger partial charge in [-0.25, -0.2) is 13.1 Å². The Hall–Kier alpha value is -2.74. The third kappa shape index (κ3) is 3.13. The Bertz CT molecular complexity index is 1000. The van der Waals surface area contributed by atoms with E-state index < -0.39 is 10.0 Å². The van der Waals surface area contributed by atoms with Crippen LogP contribution in [0.3, 0.4) is 0 Å². The number of rotatable bonds is 5. The van der Waals surface area contributed by atoms with Gasteiger partial charge >= 0.3 is 0 Å². The van der Waals surface area contributed by atoms with Crippen LogP contribution in [0.2, 0.25) is 0 Å². The third-order valence-electron chi connectivity index (χ3n) is 3.11. The number of nitriles is 1. The minimum Gasteiger partial charge on any atom is -0.390 e. The Kier molecular flexibility index (Phi) is 4.30. The van der Waals surface area contributed by atoms with Crippen LogP contribution in [0.4, 0.5) is 5.69 Å². The number of nitrogens with one attached hydrogen (secondary N) is 1. The van der Waals surface area contributed by atoms with Gasteiger partial charge in [0, 0.05) is 5.69 Å². The van der Waals surface area contributed by atoms with E-state index in [9.17, 15) is 8.42 Å². The molecule has 24 heavy (non-hydrogen) atoms. The van der Waals surface area contributed by atoms with Gasteiger partial charge < -0.3 is 5.11 Å². The SMILES string of the molecule is N#Cc1sccc1S(=O)(=O)Nc1ccc(-n2cc(CO)nn2)cc1. The van der Waals surface area contributed by atoms with E-state index in [1.807, 2.05) is 6.07 Å². The summed E-state index contributed by atoms with van der Waals surface area (Å²) in [5, 5.41) is 27.1. The third-order valence-corrected chi connectivity index (χ3v) is 5.48. The fourth-order valence-electron chi connectivity index (χ4n) is 1.98. The zero-order valence-electron chi connectivity index (χ0n) is 12.1. The highest BCUT2D eigenvalue weighted by Gasteiger charge is 2.19. The van der Waals surface area contributed by atoms with E-state index in [0.717, 1.165) is 11.3 Å². The minimum absolute atomic E-state index is 0.0389. The van der Waals surface area contributed by atoms with Crippen molar-refractivity contribution in [3.8, 4) is 11.8 Å². The summed E-state index contributed by atoms with van der Waals surface area (Å²) in [7, 11) is -3.82. The average molecular weight is 361 g/mol. The molecule has 122 valence electrons. The second kappa shape index (κ2) is 6.40. The Balaban J connectivity index is 1.83. The van der Waals surface area contributed by atoms with E-state index in [-0.39, 0.29) is 16.4 Å². The molecule has 3 rings (SSSR count). The molecule has 0 amide bonds. The van der Waals surface area contributed by atoms with Gasteiger partial charge in [0.15, 0.2) is 0 Å². The van der Waals surface area contributed by atoms with Crippen molar-refractivity contribution in [1.82, 2.24) is 15.0 Å². The van der Waals surface area contributed by atoms with Crippen molar-refractivity contribution in [2.45, 2.75) is 11.5 Å². The number of nitrogens with zero attached hydrogens (tertiary/aromatic N) is 4. The molecule has 0 radical (unpaired) electrons. The maximum Gasteiger partial charge on any atom is 0.264 e. The van der Waals surface area contributed by atoms with Gasteiger partial charge in [0.05, 0.1) is 18.5 Å². The number of aliphatic hydroxyl groups is 1. The van der Waals surface area contributed by atoms with Crippen LogP contribution in [0.5, 0.6) is 0 Å². The first-order valence-corrected chi connectivity index (χ1v) is 9.03. The molecule has 8 nitrogen and oxygen atoms in total. The lowest BCUT2D eigenvalue weighted by atomic mass is 10.3. The number of benzene rings is 1. The van der Waals surface area contributed by atoms with E-state index in [2.05, 4.69) is 15.0 Å². The maximum atomic E-state index is 12.3. The molecule has 0 unspecified atom stereocenters. The van der Waals surface area contributed by atoms with Crippen LogP contribution in [0.15, 0.2) is 46.8 Å². The molecule has 2 aromatic heterocycles. The lowest BCUT2D eigenvalue weighted by Gasteiger charge is -2.08. The lowest BCUT2D eigenvalue weighted by Crippen LogP contribution is -2.13. The molecular formula is C14H11N5O3S2. The van der Waals surface area contributed by atoms with Crippen LogP contribution in [0.25, 0.3) is 5.69 Å². The Labute approximate surface area is 141 Å². The van der Waals surface area contributed by atoms with Crippen molar-refractivity contribution in [2.24, 2.45) is 0 Å². The van der Waals surface area contributed by atoms with Crippen LogP contribution in [0, 0.1) is 11.3 Å².